The fourth-order valence-corrected chi connectivity index (χ4v) is 1.48. The number of pyridine rings is 2. The molecule has 18 heavy (non-hydrogen) atoms. The second-order valence-corrected chi connectivity index (χ2v) is 3.82. The minimum Gasteiger partial charge on any atom is -0.477 e. The van der Waals surface area contributed by atoms with Gasteiger partial charge in [0.05, 0.1) is 5.69 Å². The Balaban J connectivity index is 2.42. The molecule has 0 saturated carbocycles. The normalized spacial score (nSPS) is 10.1. The van der Waals surface area contributed by atoms with Crippen molar-refractivity contribution in [3.63, 3.8) is 0 Å². The lowest BCUT2D eigenvalue weighted by Crippen LogP contribution is -2.02. The SMILES string of the molecule is Cc1cc(Oc2cccnc2C)c(C(=O)O)cn1. The van der Waals surface area contributed by atoms with Crippen molar-refractivity contribution in [1.82, 2.24) is 9.97 Å². The van der Waals surface area contributed by atoms with Crippen molar-refractivity contribution in [3.8, 4) is 11.5 Å². The maximum atomic E-state index is 11.1. The van der Waals surface area contributed by atoms with Crippen LogP contribution in [0.1, 0.15) is 21.7 Å². The van der Waals surface area contributed by atoms with Gasteiger partial charge in [0.2, 0.25) is 0 Å². The van der Waals surface area contributed by atoms with Crippen LogP contribution in [0.4, 0.5) is 0 Å². The molecule has 0 bridgehead atoms. The molecule has 0 aliphatic rings. The molecule has 2 rings (SSSR count). The lowest BCUT2D eigenvalue weighted by atomic mass is 10.2. The predicted octanol–water partition coefficient (Wildman–Crippen LogP) is 2.58. The molecule has 0 fully saturated rings. The maximum absolute atomic E-state index is 11.1. The molecule has 5 nitrogen and oxygen atoms in total. The highest BCUT2D eigenvalue weighted by molar-refractivity contribution is 5.90. The molecule has 5 heteroatoms. The van der Waals surface area contributed by atoms with Gasteiger partial charge in [0, 0.05) is 24.2 Å². The van der Waals surface area contributed by atoms with E-state index in [4.69, 9.17) is 9.84 Å². The Kier molecular flexibility index (Phi) is 3.23. The number of aryl methyl sites for hydroxylation is 2. The van der Waals surface area contributed by atoms with E-state index in [1.807, 2.05) is 0 Å². The Labute approximate surface area is 104 Å². The smallest absolute Gasteiger partial charge is 0.341 e. The summed E-state index contributed by atoms with van der Waals surface area (Å²) in [5.74, 6) is -0.268. The molecule has 92 valence electrons. The molecule has 2 aromatic rings. The quantitative estimate of drug-likeness (QED) is 0.898. The molecule has 0 aliphatic carbocycles. The molecule has 0 spiro atoms. The summed E-state index contributed by atoms with van der Waals surface area (Å²) in [7, 11) is 0. The number of carboxylic acid groups (broad SMARTS) is 1. The number of ether oxygens (including phenoxy) is 1. The van der Waals surface area contributed by atoms with E-state index in [2.05, 4.69) is 9.97 Å². The lowest BCUT2D eigenvalue weighted by Gasteiger charge is -2.10. The highest BCUT2D eigenvalue weighted by Crippen LogP contribution is 2.27. The average molecular weight is 244 g/mol. The molecule has 0 atom stereocenters. The number of aromatic carboxylic acids is 1. The first-order valence-corrected chi connectivity index (χ1v) is 5.37. The van der Waals surface area contributed by atoms with Gasteiger partial charge in [-0.2, -0.15) is 0 Å². The molecule has 2 aromatic heterocycles. The fourth-order valence-electron chi connectivity index (χ4n) is 1.48. The monoisotopic (exact) mass is 244 g/mol. The van der Waals surface area contributed by atoms with Crippen LogP contribution in [0.15, 0.2) is 30.6 Å². The minimum absolute atomic E-state index is 0.0313. The van der Waals surface area contributed by atoms with Crippen molar-refractivity contribution in [2.45, 2.75) is 13.8 Å². The van der Waals surface area contributed by atoms with Gasteiger partial charge in [0.25, 0.3) is 0 Å². The van der Waals surface area contributed by atoms with E-state index in [0.717, 1.165) is 0 Å². The number of hydrogen-bond donors (Lipinski definition) is 1. The van der Waals surface area contributed by atoms with Crippen LogP contribution in [0.2, 0.25) is 0 Å². The minimum atomic E-state index is -1.07. The molecule has 0 amide bonds. The van der Waals surface area contributed by atoms with Gasteiger partial charge in [-0.3, -0.25) is 9.97 Å². The summed E-state index contributed by atoms with van der Waals surface area (Å²) >= 11 is 0. The van der Waals surface area contributed by atoms with Gasteiger partial charge in [-0.25, -0.2) is 4.79 Å². The van der Waals surface area contributed by atoms with Crippen molar-refractivity contribution in [2.24, 2.45) is 0 Å². The van der Waals surface area contributed by atoms with E-state index in [9.17, 15) is 4.79 Å². The van der Waals surface area contributed by atoms with Crippen molar-refractivity contribution < 1.29 is 14.6 Å². The van der Waals surface area contributed by atoms with Crippen LogP contribution in [-0.4, -0.2) is 21.0 Å². The maximum Gasteiger partial charge on any atom is 0.341 e. The third kappa shape index (κ3) is 2.45. The molecule has 0 radical (unpaired) electrons. The second kappa shape index (κ2) is 4.83. The number of carbonyl (C=O) groups is 1. The Hall–Kier alpha value is -2.43. The summed E-state index contributed by atoms with van der Waals surface area (Å²) in [6.07, 6.45) is 2.94. The van der Waals surface area contributed by atoms with Gasteiger partial charge in [-0.05, 0) is 26.0 Å². The highest BCUT2D eigenvalue weighted by atomic mass is 16.5. The molecule has 2 heterocycles. The van der Waals surface area contributed by atoms with Crippen LogP contribution < -0.4 is 4.74 Å². The molecule has 0 saturated heterocycles. The Morgan fingerprint density at radius 1 is 1.28 bits per heavy atom. The lowest BCUT2D eigenvalue weighted by molar-refractivity contribution is 0.0693. The summed E-state index contributed by atoms with van der Waals surface area (Å²) in [6, 6.07) is 5.07. The number of rotatable bonds is 3. The van der Waals surface area contributed by atoms with Gasteiger partial charge < -0.3 is 9.84 Å². The topological polar surface area (TPSA) is 72.3 Å². The van der Waals surface area contributed by atoms with E-state index in [0.29, 0.717) is 17.1 Å². The first kappa shape index (κ1) is 12.0. The van der Waals surface area contributed by atoms with Crippen molar-refractivity contribution >= 4 is 5.97 Å². The van der Waals surface area contributed by atoms with Gasteiger partial charge in [0.1, 0.15) is 17.1 Å². The van der Waals surface area contributed by atoms with Crippen LogP contribution >= 0.6 is 0 Å². The van der Waals surface area contributed by atoms with E-state index < -0.39 is 5.97 Å². The molecule has 0 unspecified atom stereocenters. The largest absolute Gasteiger partial charge is 0.477 e. The first-order valence-electron chi connectivity index (χ1n) is 5.37. The zero-order chi connectivity index (χ0) is 13.1. The van der Waals surface area contributed by atoms with Crippen LogP contribution in [0.3, 0.4) is 0 Å². The summed E-state index contributed by atoms with van der Waals surface area (Å²) in [6.45, 7) is 3.57. The average Bonchev–Trinajstić information content (AvgIpc) is 2.32. The Morgan fingerprint density at radius 2 is 2.06 bits per heavy atom. The van der Waals surface area contributed by atoms with Crippen molar-refractivity contribution in [3.05, 3.63) is 47.5 Å². The summed E-state index contributed by atoms with van der Waals surface area (Å²) < 4.78 is 5.60. The van der Waals surface area contributed by atoms with Gasteiger partial charge in [0.15, 0.2) is 0 Å². The molecule has 0 aromatic carbocycles. The third-order valence-corrected chi connectivity index (χ3v) is 2.41. The summed E-state index contributed by atoms with van der Waals surface area (Å²) in [4.78, 5) is 19.1. The van der Waals surface area contributed by atoms with E-state index >= 15 is 0 Å². The third-order valence-electron chi connectivity index (χ3n) is 2.41. The number of nitrogens with zero attached hydrogens (tertiary/aromatic N) is 2. The number of carboxylic acids is 1. The fraction of sp³-hybridized carbons (Fsp3) is 0.154. The zero-order valence-electron chi connectivity index (χ0n) is 10.0. The number of aromatic nitrogens is 2. The zero-order valence-corrected chi connectivity index (χ0v) is 10.0. The summed E-state index contributed by atoms with van der Waals surface area (Å²) in [5.41, 5.74) is 1.42. The summed E-state index contributed by atoms with van der Waals surface area (Å²) in [5, 5.41) is 9.07. The van der Waals surface area contributed by atoms with Gasteiger partial charge >= 0.3 is 5.97 Å². The van der Waals surface area contributed by atoms with Crippen LogP contribution in [-0.2, 0) is 0 Å². The Bertz CT molecular complexity index is 597. The van der Waals surface area contributed by atoms with Crippen molar-refractivity contribution in [2.75, 3.05) is 0 Å². The number of hydrogen-bond acceptors (Lipinski definition) is 4. The van der Waals surface area contributed by atoms with Gasteiger partial charge in [-0.1, -0.05) is 0 Å². The van der Waals surface area contributed by atoms with Crippen LogP contribution in [0.25, 0.3) is 0 Å². The Morgan fingerprint density at radius 3 is 2.72 bits per heavy atom. The molecule has 0 aliphatic heterocycles. The molecular weight excluding hydrogens is 232 g/mol. The second-order valence-electron chi connectivity index (χ2n) is 3.82. The van der Waals surface area contributed by atoms with Crippen LogP contribution in [0, 0.1) is 13.8 Å². The van der Waals surface area contributed by atoms with Gasteiger partial charge in [-0.15, -0.1) is 0 Å². The van der Waals surface area contributed by atoms with E-state index in [1.54, 1.807) is 38.2 Å². The first-order chi connectivity index (χ1) is 8.58. The van der Waals surface area contributed by atoms with E-state index in [-0.39, 0.29) is 11.3 Å². The standard InChI is InChI=1S/C13H12N2O3/c1-8-6-12(10(7-15-8)13(16)17)18-11-4-3-5-14-9(11)2/h3-7H,1-2H3,(H,16,17). The molecular formula is C13H12N2O3. The van der Waals surface area contributed by atoms with E-state index in [1.165, 1.54) is 6.20 Å². The van der Waals surface area contributed by atoms with Crippen LogP contribution in [0.5, 0.6) is 11.5 Å². The highest BCUT2D eigenvalue weighted by Gasteiger charge is 2.14. The molecule has 1 N–H and O–H groups in total. The predicted molar refractivity (Wildman–Crippen MR) is 65.0 cm³/mol. The van der Waals surface area contributed by atoms with Crippen molar-refractivity contribution in [1.29, 1.82) is 0 Å².